The molecule has 3 rings (SSSR count). The number of hydrogen-bond donors (Lipinski definition) is 0. The summed E-state index contributed by atoms with van der Waals surface area (Å²) in [6.45, 7) is -1.05. The summed E-state index contributed by atoms with van der Waals surface area (Å²) in [5.41, 5.74) is 1.59. The van der Waals surface area contributed by atoms with Gasteiger partial charge in [-0.15, -0.1) is 11.3 Å². The summed E-state index contributed by atoms with van der Waals surface area (Å²) in [6, 6.07) is 6.54. The molecule has 0 spiro atoms. The van der Waals surface area contributed by atoms with E-state index < -0.39 is 28.3 Å². The fraction of sp³-hybridized carbons (Fsp3) is 0.200. The molecule has 1 aromatic heterocycles. The van der Waals surface area contributed by atoms with Gasteiger partial charge >= 0.3 is 5.30 Å². The zero-order chi connectivity index (χ0) is 19.8. The number of hydrogen-bond acceptors (Lipinski definition) is 7. The number of carbonyl (C=O) groups excluding carboxylic acids is 1. The van der Waals surface area contributed by atoms with Crippen LogP contribution in [0, 0.1) is 3.57 Å². The van der Waals surface area contributed by atoms with Crippen LogP contribution < -0.4 is 4.31 Å². The number of alkyl halides is 2. The maximum absolute atomic E-state index is 13.2. The van der Waals surface area contributed by atoms with Crippen LogP contribution in [-0.4, -0.2) is 37.9 Å². The molecule has 1 aliphatic rings. The van der Waals surface area contributed by atoms with Gasteiger partial charge in [-0.2, -0.15) is 0 Å². The Morgan fingerprint density at radius 1 is 1.41 bits per heavy atom. The number of sulfonamides is 1. The molecule has 2 heterocycles. The summed E-state index contributed by atoms with van der Waals surface area (Å²) in [6.07, 6.45) is -1.41. The second-order valence-corrected chi connectivity index (χ2v) is 9.68. The Hall–Kier alpha value is -1.25. The number of aromatic nitrogens is 1. The summed E-state index contributed by atoms with van der Waals surface area (Å²) < 4.78 is 59.1. The zero-order valence-corrected chi connectivity index (χ0v) is 18.2. The van der Waals surface area contributed by atoms with Crippen LogP contribution >= 0.6 is 45.7 Å². The minimum Gasteiger partial charge on any atom is -0.415 e. The van der Waals surface area contributed by atoms with Crippen molar-refractivity contribution in [2.45, 2.75) is 6.43 Å². The van der Waals surface area contributed by atoms with Crippen molar-refractivity contribution in [2.24, 2.45) is 0 Å². The molecule has 0 aliphatic carbocycles. The van der Waals surface area contributed by atoms with Crippen molar-refractivity contribution in [3.63, 3.8) is 0 Å². The molecule has 0 N–H and O–H groups in total. The highest BCUT2D eigenvalue weighted by molar-refractivity contribution is 14.1. The van der Waals surface area contributed by atoms with Gasteiger partial charge in [-0.25, -0.2) is 31.3 Å². The minimum absolute atomic E-state index is 0.168. The molecule has 1 aliphatic heterocycles. The molecule has 0 bridgehead atoms. The molecule has 6 nitrogen and oxygen atoms in total. The first kappa shape index (κ1) is 20.5. The average molecular weight is 544 g/mol. The van der Waals surface area contributed by atoms with E-state index in [1.54, 1.807) is 18.2 Å². The van der Waals surface area contributed by atoms with Crippen molar-refractivity contribution in [2.75, 3.05) is 17.1 Å². The van der Waals surface area contributed by atoms with Gasteiger partial charge in [0.05, 0.1) is 12.1 Å². The molecule has 2 aromatic rings. The van der Waals surface area contributed by atoms with Gasteiger partial charge in [0.1, 0.15) is 9.78 Å². The Morgan fingerprint density at radius 3 is 2.74 bits per heavy atom. The normalized spacial score (nSPS) is 15.8. The van der Waals surface area contributed by atoms with Gasteiger partial charge in [-0.3, -0.25) is 0 Å². The third-order valence-electron chi connectivity index (χ3n) is 3.52. The molecule has 0 saturated heterocycles. The molecule has 1 aromatic carbocycles. The van der Waals surface area contributed by atoms with E-state index in [-0.39, 0.29) is 26.9 Å². The van der Waals surface area contributed by atoms with Gasteiger partial charge in [0.25, 0.3) is 16.4 Å². The van der Waals surface area contributed by atoms with Crippen LogP contribution in [0.15, 0.2) is 29.8 Å². The fourth-order valence-electron chi connectivity index (χ4n) is 2.45. The first-order valence-electron chi connectivity index (χ1n) is 7.27. The second kappa shape index (κ2) is 8.01. The van der Waals surface area contributed by atoms with E-state index in [9.17, 15) is 22.0 Å². The van der Waals surface area contributed by atoms with E-state index in [4.69, 9.17) is 4.74 Å². The lowest BCUT2D eigenvalue weighted by Gasteiger charge is -2.30. The van der Waals surface area contributed by atoms with Crippen molar-refractivity contribution < 1.29 is 26.7 Å². The van der Waals surface area contributed by atoms with E-state index in [1.807, 2.05) is 22.6 Å². The van der Waals surface area contributed by atoms with E-state index >= 15 is 0 Å². The van der Waals surface area contributed by atoms with Crippen LogP contribution in [0.3, 0.4) is 0 Å². The summed E-state index contributed by atoms with van der Waals surface area (Å²) in [7, 11) is -4.44. The number of thiazole rings is 1. The van der Waals surface area contributed by atoms with Gasteiger partial charge in [0.15, 0.2) is 11.6 Å². The highest BCUT2D eigenvalue weighted by Crippen LogP contribution is 2.46. The molecule has 0 amide bonds. The van der Waals surface area contributed by atoms with Crippen molar-refractivity contribution in [3.8, 4) is 0 Å². The Labute approximate surface area is 175 Å². The number of fused-ring (bicyclic) bond motifs is 1. The molecule has 0 fully saturated rings. The SMILES string of the molecule is CSC(=O)OC1=C(c2ccccc2I)S(=O)(=O)N(CC(F)F)c2ncsc21. The topological polar surface area (TPSA) is 76.6 Å². The third kappa shape index (κ3) is 3.84. The van der Waals surface area contributed by atoms with E-state index in [0.717, 1.165) is 23.1 Å². The first-order valence-corrected chi connectivity index (χ1v) is 11.9. The Kier molecular flexibility index (Phi) is 6.08. The molecule has 0 atom stereocenters. The standard InChI is InChI=1S/C15H11F2IN2O4S3/c1-25-15(21)24-11-12-14(19-7-26-12)20(6-10(16)17)27(22,23)13(11)8-4-2-3-5-9(8)18/h2-5,7,10H,6H2,1H3. The first-order chi connectivity index (χ1) is 12.8. The van der Waals surface area contributed by atoms with E-state index in [2.05, 4.69) is 4.98 Å². The lowest BCUT2D eigenvalue weighted by molar-refractivity contribution is 0.159. The van der Waals surface area contributed by atoms with Gasteiger partial charge < -0.3 is 4.74 Å². The van der Waals surface area contributed by atoms with Crippen molar-refractivity contribution in [3.05, 3.63) is 43.8 Å². The molecular formula is C15H11F2IN2O4S3. The largest absolute Gasteiger partial charge is 0.415 e. The highest BCUT2D eigenvalue weighted by Gasteiger charge is 2.43. The summed E-state index contributed by atoms with van der Waals surface area (Å²) in [4.78, 5) is 15.7. The van der Waals surface area contributed by atoms with Crippen LogP contribution in [0.5, 0.6) is 0 Å². The number of benzene rings is 1. The van der Waals surface area contributed by atoms with Crippen LogP contribution in [0.4, 0.5) is 19.4 Å². The van der Waals surface area contributed by atoms with Gasteiger partial charge in [-0.05, 0) is 46.7 Å². The van der Waals surface area contributed by atoms with Crippen LogP contribution in [0.1, 0.15) is 10.4 Å². The molecule has 144 valence electrons. The Bertz CT molecular complexity index is 1020. The highest BCUT2D eigenvalue weighted by atomic mass is 127. The Balaban J connectivity index is 2.34. The van der Waals surface area contributed by atoms with Crippen molar-refractivity contribution in [1.29, 1.82) is 0 Å². The fourth-order valence-corrected chi connectivity index (χ4v) is 6.09. The lowest BCUT2D eigenvalue weighted by Crippen LogP contribution is -2.39. The van der Waals surface area contributed by atoms with Crippen molar-refractivity contribution >= 4 is 77.5 Å². The minimum atomic E-state index is -4.44. The van der Waals surface area contributed by atoms with Gasteiger partial charge in [0, 0.05) is 9.13 Å². The monoisotopic (exact) mass is 544 g/mol. The number of anilines is 1. The van der Waals surface area contributed by atoms with E-state index in [1.165, 1.54) is 17.8 Å². The Morgan fingerprint density at radius 2 is 2.11 bits per heavy atom. The number of halogens is 3. The molecule has 12 heteroatoms. The summed E-state index contributed by atoms with van der Waals surface area (Å²) >= 11 is 3.72. The molecule has 0 saturated carbocycles. The lowest BCUT2D eigenvalue weighted by atomic mass is 10.2. The van der Waals surface area contributed by atoms with Gasteiger partial charge in [0.2, 0.25) is 0 Å². The number of carbonyl (C=O) groups is 1. The maximum atomic E-state index is 13.2. The predicted octanol–water partition coefficient (Wildman–Crippen LogP) is 4.49. The number of nitrogens with zero attached hydrogens (tertiary/aromatic N) is 2. The molecule has 27 heavy (non-hydrogen) atoms. The zero-order valence-electron chi connectivity index (χ0n) is 13.6. The smallest absolute Gasteiger partial charge is 0.372 e. The third-order valence-corrected chi connectivity index (χ3v) is 7.52. The number of thioether (sulfide) groups is 1. The van der Waals surface area contributed by atoms with Gasteiger partial charge in [-0.1, -0.05) is 18.2 Å². The predicted molar refractivity (Wildman–Crippen MR) is 110 cm³/mol. The molecular weight excluding hydrogens is 533 g/mol. The number of rotatable bonds is 4. The van der Waals surface area contributed by atoms with Crippen LogP contribution in [-0.2, 0) is 14.8 Å². The molecule has 0 radical (unpaired) electrons. The average Bonchev–Trinajstić information content (AvgIpc) is 3.08. The van der Waals surface area contributed by atoms with Crippen LogP contribution in [0.25, 0.3) is 10.7 Å². The van der Waals surface area contributed by atoms with Crippen LogP contribution in [0.2, 0.25) is 0 Å². The summed E-state index contributed by atoms with van der Waals surface area (Å²) in [5, 5.41) is -0.717. The van der Waals surface area contributed by atoms with Crippen molar-refractivity contribution in [1.82, 2.24) is 4.98 Å². The molecule has 0 unspecified atom stereocenters. The quantitative estimate of drug-likeness (QED) is 0.417. The second-order valence-electron chi connectivity index (χ2n) is 5.13. The summed E-state index contributed by atoms with van der Waals surface area (Å²) in [5.74, 6) is -0.361. The maximum Gasteiger partial charge on any atom is 0.372 e. The number of ether oxygens (including phenoxy) is 1. The van der Waals surface area contributed by atoms with E-state index in [0.29, 0.717) is 7.88 Å².